The fourth-order valence-electron chi connectivity index (χ4n) is 3.84. The number of unbranched alkanes of at least 4 members (excludes halogenated alkanes) is 8. The fraction of sp³-hybridized carbons (Fsp3) is 0.824. The van der Waals surface area contributed by atoms with Crippen molar-refractivity contribution in [1.29, 1.82) is 0 Å². The highest BCUT2D eigenvalue weighted by Crippen LogP contribution is 2.18. The molecule has 14 heteroatoms. The van der Waals surface area contributed by atoms with Crippen LogP contribution in [0.15, 0.2) is 0 Å². The molecule has 48 heavy (non-hydrogen) atoms. The fourth-order valence-corrected chi connectivity index (χ4v) is 4.07. The van der Waals surface area contributed by atoms with Crippen LogP contribution in [0.3, 0.4) is 0 Å². The van der Waals surface area contributed by atoms with Crippen molar-refractivity contribution in [2.45, 2.75) is 139 Å². The lowest BCUT2D eigenvalue weighted by Gasteiger charge is -2.14. The summed E-state index contributed by atoms with van der Waals surface area (Å²) in [7, 11) is 0. The van der Waals surface area contributed by atoms with Gasteiger partial charge in [-0.3, -0.25) is 28.8 Å². The van der Waals surface area contributed by atoms with Gasteiger partial charge in [-0.2, -0.15) is 0 Å². The highest BCUT2D eigenvalue weighted by molar-refractivity contribution is 9.10. The summed E-state index contributed by atoms with van der Waals surface area (Å²) >= 11 is 6.49. The molecule has 0 aromatic rings. The Morgan fingerprint density at radius 3 is 0.833 bits per heavy atom. The lowest BCUT2D eigenvalue weighted by molar-refractivity contribution is -0.152. The van der Waals surface area contributed by atoms with E-state index < -0.39 is 8.65 Å². The van der Waals surface area contributed by atoms with E-state index in [0.717, 1.165) is 12.8 Å². The lowest BCUT2D eigenvalue weighted by Crippen LogP contribution is -2.26. The molecule has 278 valence electrons. The van der Waals surface area contributed by atoms with Gasteiger partial charge in [-0.05, 0) is 105 Å². The van der Waals surface area contributed by atoms with Crippen LogP contribution in [-0.4, -0.2) is 84.1 Å². The van der Waals surface area contributed by atoms with E-state index in [4.69, 9.17) is 28.4 Å². The Morgan fingerprint density at radius 2 is 0.583 bits per heavy atom. The molecule has 0 aliphatic rings. The van der Waals surface area contributed by atoms with E-state index >= 15 is 0 Å². The van der Waals surface area contributed by atoms with Gasteiger partial charge in [0.05, 0.1) is 26.4 Å². The van der Waals surface area contributed by atoms with Gasteiger partial charge in [0.2, 0.25) is 0 Å². The summed E-state index contributed by atoms with van der Waals surface area (Å²) in [6.07, 6.45) is 9.23. The first-order valence-corrected chi connectivity index (χ1v) is 18.6. The minimum Gasteiger partial charge on any atom is -0.466 e. The number of carbonyl (C=O) groups is 6. The van der Waals surface area contributed by atoms with Crippen molar-refractivity contribution < 1.29 is 57.2 Å². The predicted molar refractivity (Wildman–Crippen MR) is 186 cm³/mol. The molecule has 12 nitrogen and oxygen atoms in total. The van der Waals surface area contributed by atoms with E-state index in [0.29, 0.717) is 103 Å². The topological polar surface area (TPSA) is 158 Å². The molecule has 0 rings (SSSR count). The van der Waals surface area contributed by atoms with Gasteiger partial charge in [-0.1, -0.05) is 31.9 Å². The van der Waals surface area contributed by atoms with Gasteiger partial charge in [0.15, 0.2) is 0 Å². The number of carbonyl (C=O) groups excluding carboxylic acids is 6. The van der Waals surface area contributed by atoms with Crippen LogP contribution in [0.4, 0.5) is 0 Å². The maximum Gasteiger partial charge on any atom is 0.322 e. The lowest BCUT2D eigenvalue weighted by atomic mass is 10.2. The zero-order valence-electron chi connectivity index (χ0n) is 29.2. The molecular weight excluding hydrogens is 760 g/mol. The van der Waals surface area contributed by atoms with Gasteiger partial charge in [0.25, 0.3) is 0 Å². The molecule has 0 fully saturated rings. The Hall–Kier alpha value is -2.22. The van der Waals surface area contributed by atoms with Crippen LogP contribution in [0.1, 0.15) is 130 Å². The minimum absolute atomic E-state index is 0.00472. The number of alkyl halides is 2. The molecule has 0 aromatic heterocycles. The molecule has 0 saturated carbocycles. The SMILES string of the molecule is CC(C)(Br)C(=O)OCCCCCC(=O)OCCCCCC(=O)OCCOC(=O)CCCCCOC(=O)CCCCCOC(=O)C(C)(C)Br. The van der Waals surface area contributed by atoms with Crippen molar-refractivity contribution in [1.82, 2.24) is 0 Å². The summed E-state index contributed by atoms with van der Waals surface area (Å²) in [5.74, 6) is -1.90. The Balaban J connectivity index is 3.53. The van der Waals surface area contributed by atoms with E-state index in [1.54, 1.807) is 27.7 Å². The average Bonchev–Trinajstić information content (AvgIpc) is 3.00. The Labute approximate surface area is 302 Å². The molecule has 0 radical (unpaired) electrons. The molecule has 0 spiro atoms. The molecule has 0 amide bonds. The summed E-state index contributed by atoms with van der Waals surface area (Å²) < 4.78 is 29.5. The van der Waals surface area contributed by atoms with Gasteiger partial charge in [0, 0.05) is 25.7 Å². The highest BCUT2D eigenvalue weighted by atomic mass is 79.9. The Bertz CT molecular complexity index is 881. The molecular formula is C34H56Br2O12. The second-order valence-electron chi connectivity index (χ2n) is 12.3. The zero-order valence-corrected chi connectivity index (χ0v) is 32.4. The van der Waals surface area contributed by atoms with Gasteiger partial charge in [-0.15, -0.1) is 0 Å². The van der Waals surface area contributed by atoms with E-state index in [1.165, 1.54) is 0 Å². The summed E-state index contributed by atoms with van der Waals surface area (Å²) in [5, 5.41) is 0. The first kappa shape index (κ1) is 45.8. The summed E-state index contributed by atoms with van der Waals surface area (Å²) in [4.78, 5) is 70.6. The molecule has 0 aliphatic carbocycles. The smallest absolute Gasteiger partial charge is 0.322 e. The standard InChI is InChI=1S/C34H56Br2O12/c1-33(2,35)31(41)47-23-15-7-11-17-27(37)43-21-13-5-9-19-29(39)45-25-26-46-30(40)20-10-6-14-22-44-28(38)18-12-8-16-24-48-32(42)34(3,4)36/h5-26H2,1-4H3. The van der Waals surface area contributed by atoms with Crippen molar-refractivity contribution in [2.24, 2.45) is 0 Å². The van der Waals surface area contributed by atoms with Crippen LogP contribution in [0.2, 0.25) is 0 Å². The first-order chi connectivity index (χ1) is 22.6. The number of ether oxygens (including phenoxy) is 6. The quantitative estimate of drug-likeness (QED) is 0.0336. The van der Waals surface area contributed by atoms with Crippen LogP contribution < -0.4 is 0 Å². The molecule has 0 bridgehead atoms. The largest absolute Gasteiger partial charge is 0.466 e. The third-order valence-corrected chi connectivity index (χ3v) is 7.32. The molecule has 0 atom stereocenters. The molecule has 0 N–H and O–H groups in total. The van der Waals surface area contributed by atoms with Crippen LogP contribution in [-0.2, 0) is 57.2 Å². The molecule has 0 unspecified atom stereocenters. The van der Waals surface area contributed by atoms with Crippen molar-refractivity contribution in [3.63, 3.8) is 0 Å². The summed E-state index contributed by atoms with van der Waals surface area (Å²) in [5.41, 5.74) is 0. The van der Waals surface area contributed by atoms with Crippen LogP contribution in [0, 0.1) is 0 Å². The van der Waals surface area contributed by atoms with Gasteiger partial charge in [-0.25, -0.2) is 0 Å². The third-order valence-electron chi connectivity index (χ3n) is 6.67. The normalized spacial score (nSPS) is 11.4. The Kier molecular flexibility index (Phi) is 26.3. The number of halogens is 2. The summed E-state index contributed by atoms with van der Waals surface area (Å²) in [6.45, 7) is 8.12. The van der Waals surface area contributed by atoms with Crippen molar-refractivity contribution >= 4 is 67.7 Å². The van der Waals surface area contributed by atoms with E-state index in [9.17, 15) is 28.8 Å². The van der Waals surface area contributed by atoms with Crippen LogP contribution in [0.25, 0.3) is 0 Å². The number of hydrogen-bond acceptors (Lipinski definition) is 12. The predicted octanol–water partition coefficient (Wildman–Crippen LogP) is 6.83. The van der Waals surface area contributed by atoms with Crippen molar-refractivity contribution in [3.05, 3.63) is 0 Å². The van der Waals surface area contributed by atoms with Crippen LogP contribution in [0.5, 0.6) is 0 Å². The second kappa shape index (κ2) is 27.6. The monoisotopic (exact) mass is 814 g/mol. The average molecular weight is 817 g/mol. The maximum absolute atomic E-state index is 11.8. The maximum atomic E-state index is 11.8. The van der Waals surface area contributed by atoms with Gasteiger partial charge >= 0.3 is 35.8 Å². The van der Waals surface area contributed by atoms with Gasteiger partial charge in [0.1, 0.15) is 21.9 Å². The molecule has 0 heterocycles. The van der Waals surface area contributed by atoms with E-state index in [-0.39, 0.29) is 61.9 Å². The van der Waals surface area contributed by atoms with Gasteiger partial charge < -0.3 is 28.4 Å². The number of hydrogen-bond donors (Lipinski definition) is 0. The molecule has 0 saturated heterocycles. The third kappa shape index (κ3) is 28.8. The first-order valence-electron chi connectivity index (χ1n) is 17.0. The Morgan fingerprint density at radius 1 is 0.354 bits per heavy atom. The summed E-state index contributed by atoms with van der Waals surface area (Å²) in [6, 6.07) is 0. The van der Waals surface area contributed by atoms with Crippen molar-refractivity contribution in [3.8, 4) is 0 Å². The second-order valence-corrected chi connectivity index (χ2v) is 16.3. The zero-order chi connectivity index (χ0) is 36.3. The number of esters is 6. The van der Waals surface area contributed by atoms with E-state index in [1.807, 2.05) is 0 Å². The van der Waals surface area contributed by atoms with Crippen molar-refractivity contribution in [2.75, 3.05) is 39.6 Å². The molecule has 0 aromatic carbocycles. The molecule has 0 aliphatic heterocycles. The van der Waals surface area contributed by atoms with E-state index in [2.05, 4.69) is 31.9 Å². The minimum atomic E-state index is -0.700. The number of rotatable bonds is 29. The van der Waals surface area contributed by atoms with Crippen LogP contribution >= 0.6 is 31.9 Å². The highest BCUT2D eigenvalue weighted by Gasteiger charge is 2.25.